The Kier molecular flexibility index (Phi) is 7.54. The van der Waals surface area contributed by atoms with E-state index in [-0.39, 0.29) is 6.10 Å². The summed E-state index contributed by atoms with van der Waals surface area (Å²) in [5.41, 5.74) is 3.34. The third-order valence-corrected chi connectivity index (χ3v) is 5.53. The molecule has 0 spiro atoms. The van der Waals surface area contributed by atoms with E-state index in [2.05, 4.69) is 17.1 Å². The van der Waals surface area contributed by atoms with Crippen LogP contribution in [0.25, 0.3) is 22.5 Å². The Hall–Kier alpha value is -3.15. The van der Waals surface area contributed by atoms with E-state index in [1.807, 2.05) is 55.5 Å². The Morgan fingerprint density at radius 3 is 2.00 bits per heavy atom. The van der Waals surface area contributed by atoms with Crippen LogP contribution in [0.5, 0.6) is 17.5 Å². The molecule has 1 saturated carbocycles. The highest BCUT2D eigenvalue weighted by molar-refractivity contribution is 5.78. The van der Waals surface area contributed by atoms with Crippen LogP contribution in [0.1, 0.15) is 52.4 Å². The Bertz CT molecular complexity index is 984. The Morgan fingerprint density at radius 1 is 0.750 bits per heavy atom. The van der Waals surface area contributed by atoms with Crippen LogP contribution >= 0.6 is 0 Å². The summed E-state index contributed by atoms with van der Waals surface area (Å²) in [6, 6.07) is 16.2. The van der Waals surface area contributed by atoms with E-state index >= 15 is 0 Å². The zero-order chi connectivity index (χ0) is 22.2. The molecule has 0 saturated heterocycles. The summed E-state index contributed by atoms with van der Waals surface area (Å²) in [6.45, 7) is 5.40. The molecule has 0 N–H and O–H groups in total. The zero-order valence-electron chi connectivity index (χ0n) is 18.9. The molecule has 0 aliphatic heterocycles. The smallest absolute Gasteiger partial charge is 0.336 e. The number of hydrogen-bond acceptors (Lipinski definition) is 6. The predicted octanol–water partition coefficient (Wildman–Crippen LogP) is 6.10. The average Bonchev–Trinajstić information content (AvgIpc) is 2.84. The Balaban J connectivity index is 1.66. The fraction of sp³-hybridized carbons (Fsp3) is 0.423. The first-order valence-electron chi connectivity index (χ1n) is 11.6. The minimum Gasteiger partial charge on any atom is -0.494 e. The lowest BCUT2D eigenvalue weighted by Crippen LogP contribution is -2.21. The molecule has 0 unspecified atom stereocenters. The second-order valence-electron chi connectivity index (χ2n) is 8.00. The van der Waals surface area contributed by atoms with Gasteiger partial charge in [-0.3, -0.25) is 0 Å². The van der Waals surface area contributed by atoms with Crippen molar-refractivity contribution in [3.8, 4) is 40.0 Å². The van der Waals surface area contributed by atoms with Crippen molar-refractivity contribution in [1.29, 1.82) is 0 Å². The highest BCUT2D eigenvalue weighted by Gasteiger charge is 2.19. The highest BCUT2D eigenvalue weighted by atomic mass is 16.5. The molecule has 0 amide bonds. The van der Waals surface area contributed by atoms with E-state index in [4.69, 9.17) is 19.2 Å². The van der Waals surface area contributed by atoms with Gasteiger partial charge in [-0.25, -0.2) is 0 Å². The van der Waals surface area contributed by atoms with Crippen LogP contribution in [0.3, 0.4) is 0 Å². The fourth-order valence-electron chi connectivity index (χ4n) is 3.89. The molecule has 1 aliphatic carbocycles. The summed E-state index contributed by atoms with van der Waals surface area (Å²) in [5, 5.41) is 8.85. The molecule has 168 valence electrons. The lowest BCUT2D eigenvalue weighted by molar-refractivity contribution is 0.140. The van der Waals surface area contributed by atoms with E-state index in [1.54, 1.807) is 0 Å². The Morgan fingerprint density at radius 2 is 1.38 bits per heavy atom. The lowest BCUT2D eigenvalue weighted by Gasteiger charge is -2.21. The molecular formula is C26H31N3O3. The van der Waals surface area contributed by atoms with Crippen molar-refractivity contribution < 1.29 is 14.2 Å². The van der Waals surface area contributed by atoms with Crippen LogP contribution in [-0.2, 0) is 0 Å². The first kappa shape index (κ1) is 22.1. The predicted molar refractivity (Wildman–Crippen MR) is 125 cm³/mol. The standard InChI is InChI=1S/C26H31N3O3/c1-3-18-31-22-16-12-20(13-17-22)25-24(19-10-14-21(15-11-19)30-4-2)27-26(29-28-25)32-23-8-6-5-7-9-23/h10-17,23H,3-9,18H2,1-2H3. The van der Waals surface area contributed by atoms with Gasteiger partial charge in [0.1, 0.15) is 29.0 Å². The number of hydrogen-bond donors (Lipinski definition) is 0. The number of benzene rings is 2. The van der Waals surface area contributed by atoms with Gasteiger partial charge in [-0.05, 0) is 87.6 Å². The van der Waals surface area contributed by atoms with Crippen molar-refractivity contribution in [2.24, 2.45) is 0 Å². The van der Waals surface area contributed by atoms with Crippen LogP contribution in [0, 0.1) is 0 Å². The topological polar surface area (TPSA) is 66.4 Å². The van der Waals surface area contributed by atoms with E-state index in [0.29, 0.717) is 24.9 Å². The minimum absolute atomic E-state index is 0.166. The van der Waals surface area contributed by atoms with Crippen molar-refractivity contribution in [2.75, 3.05) is 13.2 Å². The molecule has 6 nitrogen and oxygen atoms in total. The van der Waals surface area contributed by atoms with Crippen LogP contribution < -0.4 is 14.2 Å². The van der Waals surface area contributed by atoms with Crippen molar-refractivity contribution in [3.63, 3.8) is 0 Å². The molecule has 1 heterocycles. The second-order valence-corrected chi connectivity index (χ2v) is 8.00. The number of aromatic nitrogens is 3. The number of rotatable bonds is 9. The van der Waals surface area contributed by atoms with E-state index in [0.717, 1.165) is 47.6 Å². The SMILES string of the molecule is CCCOc1ccc(-c2nnc(OC3CCCCC3)nc2-c2ccc(OCC)cc2)cc1. The second kappa shape index (κ2) is 10.9. The molecule has 2 aromatic carbocycles. The normalized spacial score (nSPS) is 14.2. The molecule has 4 rings (SSSR count). The van der Waals surface area contributed by atoms with Crippen molar-refractivity contribution >= 4 is 0 Å². The van der Waals surface area contributed by atoms with Crippen LogP contribution in [0.15, 0.2) is 48.5 Å². The molecule has 0 atom stereocenters. The molecule has 32 heavy (non-hydrogen) atoms. The van der Waals surface area contributed by atoms with Crippen LogP contribution in [0.2, 0.25) is 0 Å². The first-order chi connectivity index (χ1) is 15.8. The summed E-state index contributed by atoms with van der Waals surface area (Å²) in [6.07, 6.45) is 6.88. The van der Waals surface area contributed by atoms with Gasteiger partial charge in [0.15, 0.2) is 0 Å². The third-order valence-electron chi connectivity index (χ3n) is 5.53. The maximum atomic E-state index is 6.10. The van der Waals surface area contributed by atoms with Gasteiger partial charge in [-0.2, -0.15) is 4.98 Å². The van der Waals surface area contributed by atoms with Gasteiger partial charge in [-0.15, -0.1) is 5.10 Å². The van der Waals surface area contributed by atoms with E-state index in [9.17, 15) is 0 Å². The maximum absolute atomic E-state index is 6.10. The summed E-state index contributed by atoms with van der Waals surface area (Å²) in [5.74, 6) is 1.67. The van der Waals surface area contributed by atoms with Crippen molar-refractivity contribution in [1.82, 2.24) is 15.2 Å². The third kappa shape index (κ3) is 5.55. The van der Waals surface area contributed by atoms with Gasteiger partial charge in [0, 0.05) is 11.1 Å². The van der Waals surface area contributed by atoms with Gasteiger partial charge < -0.3 is 14.2 Å². The number of ether oxygens (including phenoxy) is 3. The quantitative estimate of drug-likeness (QED) is 0.406. The Labute approximate surface area is 190 Å². The maximum Gasteiger partial charge on any atom is 0.336 e. The molecule has 1 aliphatic rings. The summed E-state index contributed by atoms with van der Waals surface area (Å²) < 4.78 is 17.4. The minimum atomic E-state index is 0.166. The van der Waals surface area contributed by atoms with Crippen molar-refractivity contribution in [2.45, 2.75) is 58.5 Å². The molecule has 0 radical (unpaired) electrons. The van der Waals surface area contributed by atoms with Gasteiger partial charge in [0.05, 0.1) is 13.2 Å². The summed E-state index contributed by atoms with van der Waals surface area (Å²) >= 11 is 0. The van der Waals surface area contributed by atoms with Crippen LogP contribution in [-0.4, -0.2) is 34.5 Å². The van der Waals surface area contributed by atoms with Crippen molar-refractivity contribution in [3.05, 3.63) is 48.5 Å². The van der Waals surface area contributed by atoms with Gasteiger partial charge in [0.2, 0.25) is 0 Å². The molecule has 6 heteroatoms. The molecule has 1 aromatic heterocycles. The summed E-state index contributed by atoms with van der Waals surface area (Å²) in [7, 11) is 0. The zero-order valence-corrected chi connectivity index (χ0v) is 18.9. The highest BCUT2D eigenvalue weighted by Crippen LogP contribution is 2.32. The van der Waals surface area contributed by atoms with Crippen LogP contribution in [0.4, 0.5) is 0 Å². The van der Waals surface area contributed by atoms with E-state index < -0.39 is 0 Å². The van der Waals surface area contributed by atoms with E-state index in [1.165, 1.54) is 19.3 Å². The number of nitrogens with zero attached hydrogens (tertiary/aromatic N) is 3. The molecule has 0 bridgehead atoms. The lowest BCUT2D eigenvalue weighted by atomic mass is 9.98. The largest absolute Gasteiger partial charge is 0.494 e. The molecule has 1 fully saturated rings. The molecule has 3 aromatic rings. The fourth-order valence-corrected chi connectivity index (χ4v) is 3.89. The summed E-state index contributed by atoms with van der Waals surface area (Å²) in [4.78, 5) is 4.79. The van der Waals surface area contributed by atoms with Gasteiger partial charge in [-0.1, -0.05) is 18.4 Å². The van der Waals surface area contributed by atoms with Gasteiger partial charge >= 0.3 is 6.01 Å². The monoisotopic (exact) mass is 433 g/mol. The first-order valence-corrected chi connectivity index (χ1v) is 11.6. The average molecular weight is 434 g/mol. The molecular weight excluding hydrogens is 402 g/mol. The van der Waals surface area contributed by atoms with Gasteiger partial charge in [0.25, 0.3) is 0 Å².